The molecule has 0 spiro atoms. The Balaban J connectivity index is 1.37. The van der Waals surface area contributed by atoms with Crippen molar-refractivity contribution in [3.05, 3.63) is 81.9 Å². The number of hydrogen-bond donors (Lipinski definition) is 1. The summed E-state index contributed by atoms with van der Waals surface area (Å²) in [6, 6.07) is 12.6. The number of β-lactam (4-membered cyclic amide) rings is 1. The minimum atomic E-state index is -1.20. The van der Waals surface area contributed by atoms with E-state index in [4.69, 9.17) is 51.9 Å². The molecule has 2 heterocycles. The van der Waals surface area contributed by atoms with Crippen molar-refractivity contribution in [1.29, 1.82) is 0 Å². The lowest BCUT2D eigenvalue weighted by Gasteiger charge is -2.49. The van der Waals surface area contributed by atoms with Gasteiger partial charge in [0.15, 0.2) is 28.5 Å². The number of nitrogens with one attached hydrogen (secondary N) is 1. The average Bonchev–Trinajstić information content (AvgIpc) is 3.53. The molecule has 5 rings (SSSR count). The number of halogens is 2. The highest BCUT2D eigenvalue weighted by Gasteiger charge is 2.54. The molecule has 1 aliphatic heterocycles. The van der Waals surface area contributed by atoms with Gasteiger partial charge in [-0.1, -0.05) is 70.9 Å². The van der Waals surface area contributed by atoms with Crippen LogP contribution in [0.1, 0.15) is 18.1 Å². The highest BCUT2D eigenvalue weighted by Crippen LogP contribution is 2.50. The summed E-state index contributed by atoms with van der Waals surface area (Å²) in [7, 11) is 6.83. The van der Waals surface area contributed by atoms with E-state index < -0.39 is 35.2 Å². The van der Waals surface area contributed by atoms with Crippen LogP contribution in [0, 0.1) is 6.92 Å². The third kappa shape index (κ3) is 7.74. The molecule has 3 unspecified atom stereocenters. The highest BCUT2D eigenvalue weighted by molar-refractivity contribution is 8.77. The summed E-state index contributed by atoms with van der Waals surface area (Å²) in [5.74, 6) is -0.809. The standard InChI is InChI=1S/C34H33Cl2N3O8S3/c1-17(2)27(33(42)47-15-20-23(35)28(43-4)30(45-6)29(44-5)24(20)36)39-31(41)26(37-22(40)16-46-19-12-8-7-9-13-19)32(39)49-50-34-38-25-18(3)11-10-14-21(25)48-34/h7-14,26-27,32H,1,15-16H2,2-6H3,(H,37,40). The number of carbonyl (C=O) groups is 3. The van der Waals surface area contributed by atoms with Gasteiger partial charge in [0.2, 0.25) is 11.7 Å². The van der Waals surface area contributed by atoms with Crippen LogP contribution in [0.2, 0.25) is 10.0 Å². The monoisotopic (exact) mass is 777 g/mol. The molecule has 1 aromatic heterocycles. The molecular weight excluding hydrogens is 745 g/mol. The lowest BCUT2D eigenvalue weighted by Crippen LogP contribution is -2.73. The van der Waals surface area contributed by atoms with E-state index in [2.05, 4.69) is 11.9 Å². The number of esters is 1. The average molecular weight is 779 g/mol. The molecular formula is C34H33Cl2N3O8S3. The number of ether oxygens (including phenoxy) is 5. The number of hydrogen-bond acceptors (Lipinski definition) is 12. The van der Waals surface area contributed by atoms with Crippen LogP contribution in [0.15, 0.2) is 65.0 Å². The van der Waals surface area contributed by atoms with Crippen molar-refractivity contribution in [3.63, 3.8) is 0 Å². The molecule has 0 saturated carbocycles. The Morgan fingerprint density at radius 3 is 2.28 bits per heavy atom. The number of aromatic nitrogens is 1. The molecule has 0 aliphatic carbocycles. The summed E-state index contributed by atoms with van der Waals surface area (Å²) in [5.41, 5.74) is 2.48. The van der Waals surface area contributed by atoms with Gasteiger partial charge in [0.1, 0.15) is 23.8 Å². The second kappa shape index (κ2) is 16.5. The van der Waals surface area contributed by atoms with Gasteiger partial charge in [-0.25, -0.2) is 9.78 Å². The van der Waals surface area contributed by atoms with Crippen molar-refractivity contribution in [2.75, 3.05) is 27.9 Å². The van der Waals surface area contributed by atoms with Crippen molar-refractivity contribution >= 4 is 84.1 Å². The molecule has 4 aromatic rings. The molecule has 0 bridgehead atoms. The van der Waals surface area contributed by atoms with E-state index in [0.717, 1.165) is 20.1 Å². The number of fused-ring (bicyclic) bond motifs is 1. The van der Waals surface area contributed by atoms with Gasteiger partial charge in [-0.2, -0.15) is 0 Å². The number of nitrogens with zero attached hydrogens (tertiary/aromatic N) is 2. The van der Waals surface area contributed by atoms with Crippen molar-refractivity contribution < 1.29 is 38.1 Å². The van der Waals surface area contributed by atoms with Crippen LogP contribution in [-0.2, 0) is 25.7 Å². The minimum absolute atomic E-state index is 0.0613. The Hall–Kier alpha value is -3.82. The molecule has 1 fully saturated rings. The third-order valence-electron chi connectivity index (χ3n) is 7.61. The minimum Gasteiger partial charge on any atom is -0.491 e. The lowest BCUT2D eigenvalue weighted by atomic mass is 9.99. The van der Waals surface area contributed by atoms with Gasteiger partial charge < -0.3 is 33.9 Å². The van der Waals surface area contributed by atoms with E-state index in [0.29, 0.717) is 11.3 Å². The van der Waals surface area contributed by atoms with Gasteiger partial charge >= 0.3 is 5.97 Å². The van der Waals surface area contributed by atoms with Crippen LogP contribution >= 0.6 is 56.1 Å². The van der Waals surface area contributed by atoms with E-state index in [1.165, 1.54) is 59.2 Å². The summed E-state index contributed by atoms with van der Waals surface area (Å²) in [4.78, 5) is 46.6. The van der Waals surface area contributed by atoms with E-state index in [9.17, 15) is 14.4 Å². The fourth-order valence-corrected chi connectivity index (χ4v) is 9.89. The second-order valence-corrected chi connectivity index (χ2v) is 15.3. The van der Waals surface area contributed by atoms with Gasteiger partial charge in [-0.15, -0.1) is 11.3 Å². The number of benzene rings is 3. The first-order valence-corrected chi connectivity index (χ1v) is 18.8. The van der Waals surface area contributed by atoms with Crippen molar-refractivity contribution in [1.82, 2.24) is 15.2 Å². The highest BCUT2D eigenvalue weighted by atomic mass is 35.5. The van der Waals surface area contributed by atoms with Gasteiger partial charge in [0.25, 0.3) is 5.91 Å². The molecule has 1 saturated heterocycles. The van der Waals surface area contributed by atoms with Crippen LogP contribution in [0.25, 0.3) is 10.2 Å². The maximum Gasteiger partial charge on any atom is 0.333 e. The van der Waals surface area contributed by atoms with Crippen molar-refractivity contribution in [2.45, 2.75) is 42.3 Å². The van der Waals surface area contributed by atoms with Crippen LogP contribution in [0.5, 0.6) is 23.0 Å². The van der Waals surface area contributed by atoms with E-state index in [1.807, 2.05) is 31.2 Å². The zero-order valence-electron chi connectivity index (χ0n) is 27.6. The number of carbonyl (C=O) groups excluding carboxylic acids is 3. The van der Waals surface area contributed by atoms with E-state index in [-0.39, 0.29) is 46.1 Å². The first-order valence-electron chi connectivity index (χ1n) is 15.0. The molecule has 11 nitrogen and oxygen atoms in total. The molecule has 3 atom stereocenters. The molecule has 50 heavy (non-hydrogen) atoms. The fourth-order valence-electron chi connectivity index (χ4n) is 5.19. The van der Waals surface area contributed by atoms with E-state index in [1.54, 1.807) is 31.2 Å². The van der Waals surface area contributed by atoms with Gasteiger partial charge in [0, 0.05) is 5.56 Å². The Morgan fingerprint density at radius 2 is 1.68 bits per heavy atom. The van der Waals surface area contributed by atoms with Crippen LogP contribution in [0.3, 0.4) is 0 Å². The molecule has 1 aliphatic rings. The van der Waals surface area contributed by atoms with Gasteiger partial charge in [-0.05, 0) is 54.0 Å². The molecule has 2 amide bonds. The Labute approximate surface area is 310 Å². The fraction of sp³-hybridized carbons (Fsp3) is 0.294. The second-order valence-electron chi connectivity index (χ2n) is 10.9. The largest absolute Gasteiger partial charge is 0.491 e. The maximum absolute atomic E-state index is 13.8. The number of rotatable bonds is 15. The van der Waals surface area contributed by atoms with Crippen molar-refractivity contribution in [3.8, 4) is 23.0 Å². The number of para-hydroxylation sites is 2. The van der Waals surface area contributed by atoms with Crippen LogP contribution < -0.4 is 24.3 Å². The van der Waals surface area contributed by atoms with E-state index >= 15 is 0 Å². The number of likely N-dealkylation sites (tertiary alicyclic amines) is 1. The molecule has 3 aromatic carbocycles. The number of methoxy groups -OCH3 is 3. The number of thiazole rings is 1. The normalized spacial score (nSPS) is 16.0. The summed E-state index contributed by atoms with van der Waals surface area (Å²) >= 11 is 14.7. The maximum atomic E-state index is 13.8. The lowest BCUT2D eigenvalue weighted by molar-refractivity contribution is -0.163. The van der Waals surface area contributed by atoms with Crippen LogP contribution in [0.4, 0.5) is 0 Å². The zero-order chi connectivity index (χ0) is 36.1. The predicted octanol–water partition coefficient (Wildman–Crippen LogP) is 7.10. The topological polar surface area (TPSA) is 126 Å². The SMILES string of the molecule is C=C(C)C(C(=O)OCc1c(Cl)c(OC)c(OC)c(OC)c1Cl)N1C(=O)C(NC(=O)COc2ccccc2)C1SSc1nc2c(C)cccc2s1. The number of aryl methyl sites for hydroxylation is 1. The number of amides is 2. The summed E-state index contributed by atoms with van der Waals surface area (Å²) in [6.07, 6.45) is 0. The first-order chi connectivity index (χ1) is 24.0. The van der Waals surface area contributed by atoms with Crippen molar-refractivity contribution in [2.24, 2.45) is 0 Å². The summed E-state index contributed by atoms with van der Waals surface area (Å²) in [6.45, 7) is 6.90. The smallest absolute Gasteiger partial charge is 0.333 e. The zero-order valence-corrected chi connectivity index (χ0v) is 31.6. The van der Waals surface area contributed by atoms with Crippen LogP contribution in [-0.4, -0.2) is 73.1 Å². The van der Waals surface area contributed by atoms with Gasteiger partial charge in [-0.3, -0.25) is 9.59 Å². The predicted molar refractivity (Wildman–Crippen MR) is 197 cm³/mol. The van der Waals surface area contributed by atoms with Gasteiger partial charge in [0.05, 0.1) is 41.6 Å². The quantitative estimate of drug-likeness (QED) is 0.0575. The molecule has 1 N–H and O–H groups in total. The Bertz CT molecular complexity index is 1900. The Kier molecular flexibility index (Phi) is 12.3. The first kappa shape index (κ1) is 37.4. The third-order valence-corrected chi connectivity index (χ3v) is 12.4. The summed E-state index contributed by atoms with van der Waals surface area (Å²) < 4.78 is 29.2. The Morgan fingerprint density at radius 1 is 1.02 bits per heavy atom. The summed E-state index contributed by atoms with van der Waals surface area (Å²) in [5, 5.41) is 2.19. The molecule has 264 valence electrons. The molecule has 16 heteroatoms. The molecule has 0 radical (unpaired) electrons.